The molecule has 0 saturated heterocycles. The van der Waals surface area contributed by atoms with E-state index < -0.39 is 15.4 Å². The molecule has 0 amide bonds. The lowest BCUT2D eigenvalue weighted by Crippen LogP contribution is -2.39. The van der Waals surface area contributed by atoms with Crippen LogP contribution < -0.4 is 0 Å². The Labute approximate surface area is 161 Å². The Balaban J connectivity index is 2.30. The Morgan fingerprint density at radius 2 is 1.70 bits per heavy atom. The van der Waals surface area contributed by atoms with E-state index in [0.29, 0.717) is 0 Å². The van der Waals surface area contributed by atoms with Gasteiger partial charge in [-0.3, -0.25) is 0 Å². The highest BCUT2D eigenvalue weighted by atomic mass is 32.2. The molecule has 2 aromatic rings. The largest absolute Gasteiger partial charge is 0.411 e. The SMILES string of the molecule is Cc1ccc(S(=O)(=O)N(C/C=C/c2ccccc2)CC(C)(C)/C=N/O)cc1. The van der Waals surface area contributed by atoms with E-state index in [-0.39, 0.29) is 18.0 Å². The zero-order valence-corrected chi connectivity index (χ0v) is 16.7. The van der Waals surface area contributed by atoms with Gasteiger partial charge in [0.25, 0.3) is 0 Å². The number of rotatable bonds is 8. The number of benzene rings is 2. The average molecular weight is 387 g/mol. The summed E-state index contributed by atoms with van der Waals surface area (Å²) < 4.78 is 27.7. The second-order valence-corrected chi connectivity index (χ2v) is 9.09. The highest BCUT2D eigenvalue weighted by Crippen LogP contribution is 2.22. The van der Waals surface area contributed by atoms with Gasteiger partial charge >= 0.3 is 0 Å². The predicted molar refractivity (Wildman–Crippen MR) is 109 cm³/mol. The van der Waals surface area contributed by atoms with E-state index >= 15 is 0 Å². The number of hydrogen-bond donors (Lipinski definition) is 1. The van der Waals surface area contributed by atoms with Gasteiger partial charge in [0.15, 0.2) is 0 Å². The Morgan fingerprint density at radius 3 is 2.30 bits per heavy atom. The van der Waals surface area contributed by atoms with Crippen LogP contribution in [0.4, 0.5) is 0 Å². The van der Waals surface area contributed by atoms with E-state index in [0.717, 1.165) is 11.1 Å². The quantitative estimate of drug-likeness (QED) is 0.420. The van der Waals surface area contributed by atoms with Crippen molar-refractivity contribution in [2.75, 3.05) is 13.1 Å². The molecule has 27 heavy (non-hydrogen) atoms. The number of nitrogens with zero attached hydrogens (tertiary/aromatic N) is 2. The van der Waals surface area contributed by atoms with Gasteiger partial charge in [0.1, 0.15) is 0 Å². The lowest BCUT2D eigenvalue weighted by atomic mass is 9.95. The molecule has 0 aliphatic rings. The van der Waals surface area contributed by atoms with Crippen LogP contribution >= 0.6 is 0 Å². The van der Waals surface area contributed by atoms with Crippen molar-refractivity contribution in [1.82, 2.24) is 4.31 Å². The number of hydrogen-bond acceptors (Lipinski definition) is 4. The molecule has 1 N–H and O–H groups in total. The van der Waals surface area contributed by atoms with Crippen LogP contribution in [0, 0.1) is 12.3 Å². The summed E-state index contributed by atoms with van der Waals surface area (Å²) in [4.78, 5) is 0.248. The van der Waals surface area contributed by atoms with Crippen molar-refractivity contribution in [3.05, 3.63) is 71.8 Å². The first kappa shape index (κ1) is 20.9. The first-order chi connectivity index (χ1) is 12.7. The van der Waals surface area contributed by atoms with Crippen LogP contribution in [0.3, 0.4) is 0 Å². The first-order valence-electron chi connectivity index (χ1n) is 8.72. The summed E-state index contributed by atoms with van der Waals surface area (Å²) in [6.07, 6.45) is 5.07. The standard InChI is InChI=1S/C21H26N2O3S/c1-18-11-13-20(14-12-18)27(25,26)23(17-21(2,3)16-22-24)15-7-10-19-8-5-4-6-9-19/h4-14,16,24H,15,17H2,1-3H3/b10-7+,22-16+. The lowest BCUT2D eigenvalue weighted by Gasteiger charge is -2.28. The highest BCUT2D eigenvalue weighted by molar-refractivity contribution is 7.89. The summed E-state index contributed by atoms with van der Waals surface area (Å²) in [5.41, 5.74) is 1.38. The predicted octanol–water partition coefficient (Wildman–Crippen LogP) is 4.19. The van der Waals surface area contributed by atoms with Gasteiger partial charge in [-0.25, -0.2) is 8.42 Å². The Hall–Kier alpha value is -2.44. The zero-order valence-electron chi connectivity index (χ0n) is 15.9. The second kappa shape index (κ2) is 8.97. The molecule has 0 atom stereocenters. The lowest BCUT2D eigenvalue weighted by molar-refractivity contribution is 0.302. The Bertz CT molecular complexity index is 887. The van der Waals surface area contributed by atoms with Crippen LogP contribution in [0.25, 0.3) is 6.08 Å². The molecule has 0 radical (unpaired) electrons. The van der Waals surface area contributed by atoms with Gasteiger partial charge in [-0.2, -0.15) is 4.31 Å². The summed E-state index contributed by atoms with van der Waals surface area (Å²) in [6, 6.07) is 16.5. The fraction of sp³-hybridized carbons (Fsp3) is 0.286. The summed E-state index contributed by atoms with van der Waals surface area (Å²) in [5, 5.41) is 12.0. The maximum Gasteiger partial charge on any atom is 0.243 e. The van der Waals surface area contributed by atoms with Gasteiger partial charge in [0.2, 0.25) is 10.0 Å². The number of sulfonamides is 1. The minimum Gasteiger partial charge on any atom is -0.411 e. The molecular formula is C21H26N2O3S. The van der Waals surface area contributed by atoms with E-state index in [1.54, 1.807) is 24.3 Å². The molecule has 0 heterocycles. The minimum atomic E-state index is -3.68. The van der Waals surface area contributed by atoms with Crippen molar-refractivity contribution >= 4 is 22.3 Å². The van der Waals surface area contributed by atoms with Gasteiger partial charge in [0.05, 0.1) is 11.1 Å². The summed E-state index contributed by atoms with van der Waals surface area (Å²) >= 11 is 0. The molecule has 5 nitrogen and oxygen atoms in total. The monoisotopic (exact) mass is 386 g/mol. The van der Waals surface area contributed by atoms with Crippen LogP contribution in [0.1, 0.15) is 25.0 Å². The topological polar surface area (TPSA) is 70.0 Å². The Morgan fingerprint density at radius 1 is 1.07 bits per heavy atom. The maximum atomic E-state index is 13.2. The third-order valence-corrected chi connectivity index (χ3v) is 5.89. The number of oxime groups is 1. The summed E-state index contributed by atoms with van der Waals surface area (Å²) in [7, 11) is -3.68. The van der Waals surface area contributed by atoms with Crippen molar-refractivity contribution in [3.8, 4) is 0 Å². The molecule has 0 bridgehead atoms. The molecule has 2 rings (SSSR count). The molecule has 0 saturated carbocycles. The average Bonchev–Trinajstić information content (AvgIpc) is 2.62. The molecule has 0 aromatic heterocycles. The number of aryl methyl sites for hydroxylation is 1. The van der Waals surface area contributed by atoms with Crippen LogP contribution in [0.15, 0.2) is 70.7 Å². The van der Waals surface area contributed by atoms with Gasteiger partial charge < -0.3 is 5.21 Å². The van der Waals surface area contributed by atoms with E-state index in [4.69, 9.17) is 5.21 Å². The van der Waals surface area contributed by atoms with E-state index in [1.165, 1.54) is 10.5 Å². The van der Waals surface area contributed by atoms with Crippen LogP contribution in [0.5, 0.6) is 0 Å². The normalized spacial score (nSPS) is 13.0. The third-order valence-electron chi connectivity index (χ3n) is 4.07. The fourth-order valence-electron chi connectivity index (χ4n) is 2.63. The smallest absolute Gasteiger partial charge is 0.243 e. The maximum absolute atomic E-state index is 13.2. The van der Waals surface area contributed by atoms with Crippen molar-refractivity contribution in [3.63, 3.8) is 0 Å². The van der Waals surface area contributed by atoms with Gasteiger partial charge in [-0.05, 0) is 24.6 Å². The molecule has 6 heteroatoms. The zero-order chi connectivity index (χ0) is 19.9. The van der Waals surface area contributed by atoms with Gasteiger partial charge in [0, 0.05) is 18.5 Å². The molecule has 0 aliphatic carbocycles. The molecule has 0 unspecified atom stereocenters. The summed E-state index contributed by atoms with van der Waals surface area (Å²) in [6.45, 7) is 5.97. The molecular weight excluding hydrogens is 360 g/mol. The third kappa shape index (κ3) is 6.05. The van der Waals surface area contributed by atoms with E-state index in [2.05, 4.69) is 5.16 Å². The van der Waals surface area contributed by atoms with Gasteiger partial charge in [-0.1, -0.05) is 74.0 Å². The van der Waals surface area contributed by atoms with Crippen LogP contribution in [0.2, 0.25) is 0 Å². The van der Waals surface area contributed by atoms with Crippen molar-refractivity contribution in [2.45, 2.75) is 25.7 Å². The molecule has 0 spiro atoms. The molecule has 0 fully saturated rings. The molecule has 144 valence electrons. The summed E-state index contributed by atoms with van der Waals surface area (Å²) in [5.74, 6) is 0. The van der Waals surface area contributed by atoms with Crippen molar-refractivity contribution in [1.29, 1.82) is 0 Å². The fourth-order valence-corrected chi connectivity index (χ4v) is 4.19. The van der Waals surface area contributed by atoms with E-state index in [9.17, 15) is 8.42 Å². The minimum absolute atomic E-state index is 0.187. The molecule has 2 aromatic carbocycles. The Kier molecular flexibility index (Phi) is 6.93. The van der Waals surface area contributed by atoms with Gasteiger partial charge in [-0.15, -0.1) is 5.16 Å². The second-order valence-electron chi connectivity index (χ2n) is 7.16. The van der Waals surface area contributed by atoms with Crippen LogP contribution in [-0.4, -0.2) is 37.2 Å². The van der Waals surface area contributed by atoms with Crippen LogP contribution in [-0.2, 0) is 10.0 Å². The van der Waals surface area contributed by atoms with Crippen molar-refractivity contribution in [2.24, 2.45) is 10.6 Å². The molecule has 0 aliphatic heterocycles. The van der Waals surface area contributed by atoms with E-state index in [1.807, 2.05) is 63.3 Å². The first-order valence-corrected chi connectivity index (χ1v) is 10.2. The van der Waals surface area contributed by atoms with Crippen molar-refractivity contribution < 1.29 is 13.6 Å². The highest BCUT2D eigenvalue weighted by Gasteiger charge is 2.29.